The van der Waals surface area contributed by atoms with Crippen molar-refractivity contribution in [2.24, 2.45) is 5.92 Å². The van der Waals surface area contributed by atoms with E-state index >= 15 is 0 Å². The van der Waals surface area contributed by atoms with Gasteiger partial charge < -0.3 is 9.64 Å². The van der Waals surface area contributed by atoms with E-state index in [2.05, 4.69) is 36.1 Å². The molecule has 22 heavy (non-hydrogen) atoms. The van der Waals surface area contributed by atoms with Crippen LogP contribution in [0, 0.1) is 12.8 Å². The Morgan fingerprint density at radius 2 is 2.05 bits per heavy atom. The van der Waals surface area contributed by atoms with E-state index in [1.807, 2.05) is 0 Å². The van der Waals surface area contributed by atoms with E-state index in [-0.39, 0.29) is 18.1 Å². The van der Waals surface area contributed by atoms with Crippen LogP contribution in [-0.2, 0) is 16.1 Å². The molecule has 0 aliphatic carbocycles. The Morgan fingerprint density at radius 1 is 1.32 bits per heavy atom. The van der Waals surface area contributed by atoms with Crippen LogP contribution in [-0.4, -0.2) is 55.1 Å². The maximum absolute atomic E-state index is 12.1. The smallest absolute Gasteiger partial charge is 0.251 e. The second kappa shape index (κ2) is 6.39. The van der Waals surface area contributed by atoms with Crippen LogP contribution in [0.2, 0.25) is 0 Å². The first-order valence-electron chi connectivity index (χ1n) is 8.17. The second-order valence-corrected chi connectivity index (χ2v) is 6.90. The third kappa shape index (κ3) is 3.33. The summed E-state index contributed by atoms with van der Waals surface area (Å²) in [5.41, 5.74) is 2.65. The van der Waals surface area contributed by atoms with Gasteiger partial charge in [-0.1, -0.05) is 29.8 Å². The molecule has 3 atom stereocenters. The van der Waals surface area contributed by atoms with Crippen molar-refractivity contribution in [1.29, 1.82) is 0 Å². The number of fused-ring (bicyclic) bond motifs is 1. The third-order valence-electron chi connectivity index (χ3n) is 4.88. The van der Waals surface area contributed by atoms with Crippen molar-refractivity contribution >= 4 is 5.91 Å². The minimum atomic E-state index is -0.232. The number of hydrogen-bond donors (Lipinski definition) is 0. The molecule has 0 bridgehead atoms. The molecule has 2 fully saturated rings. The fourth-order valence-electron chi connectivity index (χ4n) is 3.54. The number of aryl methyl sites for hydroxylation is 1. The fraction of sp³-hybridized carbons (Fsp3) is 0.611. The number of amides is 1. The van der Waals surface area contributed by atoms with E-state index in [0.29, 0.717) is 5.92 Å². The van der Waals surface area contributed by atoms with Gasteiger partial charge in [-0.25, -0.2) is 0 Å². The average molecular weight is 302 g/mol. The van der Waals surface area contributed by atoms with Gasteiger partial charge in [-0.3, -0.25) is 9.69 Å². The van der Waals surface area contributed by atoms with Crippen LogP contribution in [0.4, 0.5) is 0 Å². The summed E-state index contributed by atoms with van der Waals surface area (Å²) in [6, 6.07) is 8.74. The Bertz CT molecular complexity index is 526. The number of ether oxygens (including phenoxy) is 1. The second-order valence-electron chi connectivity index (χ2n) is 6.90. The highest BCUT2D eigenvalue weighted by Gasteiger charge is 2.42. The molecule has 0 radical (unpaired) electrons. The van der Waals surface area contributed by atoms with Crippen molar-refractivity contribution in [3.63, 3.8) is 0 Å². The lowest BCUT2D eigenvalue weighted by Crippen LogP contribution is -2.42. The zero-order chi connectivity index (χ0) is 15.7. The first-order valence-corrected chi connectivity index (χ1v) is 8.17. The molecule has 0 N–H and O–H groups in total. The zero-order valence-electron chi connectivity index (χ0n) is 13.8. The Labute approximate surface area is 133 Å². The first-order chi connectivity index (χ1) is 10.5. The average Bonchev–Trinajstić information content (AvgIpc) is 2.91. The lowest BCUT2D eigenvalue weighted by molar-refractivity contribution is -0.141. The molecule has 3 rings (SSSR count). The molecule has 2 aliphatic rings. The largest absolute Gasteiger partial charge is 0.364 e. The first kappa shape index (κ1) is 15.5. The van der Waals surface area contributed by atoms with Gasteiger partial charge in [0.05, 0.1) is 6.10 Å². The molecule has 4 nitrogen and oxygen atoms in total. The Morgan fingerprint density at radius 3 is 2.73 bits per heavy atom. The van der Waals surface area contributed by atoms with Crippen molar-refractivity contribution in [2.45, 2.75) is 38.5 Å². The zero-order valence-corrected chi connectivity index (χ0v) is 13.8. The van der Waals surface area contributed by atoms with Gasteiger partial charge in [-0.2, -0.15) is 0 Å². The Hall–Kier alpha value is -1.39. The SMILES string of the molecule is Cc1ccc(CN2CC[C@@H]3C[C@@H](C(=O)N(C)C)O[C@@H]3C2)cc1. The van der Waals surface area contributed by atoms with E-state index in [0.717, 1.165) is 32.5 Å². The van der Waals surface area contributed by atoms with Crippen LogP contribution >= 0.6 is 0 Å². The van der Waals surface area contributed by atoms with Gasteiger partial charge in [-0.05, 0) is 37.8 Å². The predicted molar refractivity (Wildman–Crippen MR) is 86.5 cm³/mol. The minimum Gasteiger partial charge on any atom is -0.364 e. The van der Waals surface area contributed by atoms with Crippen LogP contribution in [0.5, 0.6) is 0 Å². The molecule has 2 heterocycles. The third-order valence-corrected chi connectivity index (χ3v) is 4.88. The van der Waals surface area contributed by atoms with Crippen molar-refractivity contribution < 1.29 is 9.53 Å². The number of benzene rings is 1. The summed E-state index contributed by atoms with van der Waals surface area (Å²) >= 11 is 0. The number of nitrogens with zero attached hydrogens (tertiary/aromatic N) is 2. The van der Waals surface area contributed by atoms with Gasteiger partial charge in [0.25, 0.3) is 5.91 Å². The van der Waals surface area contributed by atoms with Gasteiger partial charge in [0.1, 0.15) is 6.10 Å². The highest BCUT2D eigenvalue weighted by Crippen LogP contribution is 2.34. The topological polar surface area (TPSA) is 32.8 Å². The molecule has 4 heteroatoms. The molecule has 120 valence electrons. The quantitative estimate of drug-likeness (QED) is 0.857. The number of carbonyl (C=O) groups excluding carboxylic acids is 1. The van der Waals surface area contributed by atoms with E-state index < -0.39 is 0 Å². The number of likely N-dealkylation sites (N-methyl/N-ethyl adjacent to an activating group) is 1. The summed E-state index contributed by atoms with van der Waals surface area (Å²) in [6.45, 7) is 5.12. The van der Waals surface area contributed by atoms with Crippen molar-refractivity contribution in [3.05, 3.63) is 35.4 Å². The molecule has 1 aromatic rings. The molecule has 0 aromatic heterocycles. The summed E-state index contributed by atoms with van der Waals surface area (Å²) in [4.78, 5) is 16.2. The summed E-state index contributed by atoms with van der Waals surface area (Å²) in [6.07, 6.45) is 2.01. The van der Waals surface area contributed by atoms with Gasteiger partial charge in [0, 0.05) is 27.2 Å². The maximum atomic E-state index is 12.1. The van der Waals surface area contributed by atoms with E-state index in [1.165, 1.54) is 11.1 Å². The fourth-order valence-corrected chi connectivity index (χ4v) is 3.54. The predicted octanol–water partition coefficient (Wildman–Crippen LogP) is 2.06. The molecule has 0 unspecified atom stereocenters. The van der Waals surface area contributed by atoms with Crippen molar-refractivity contribution in [3.8, 4) is 0 Å². The minimum absolute atomic E-state index is 0.111. The number of hydrogen-bond acceptors (Lipinski definition) is 3. The lowest BCUT2D eigenvalue weighted by atomic mass is 9.91. The molecular formula is C18H26N2O2. The number of likely N-dealkylation sites (tertiary alicyclic amines) is 1. The van der Waals surface area contributed by atoms with Crippen LogP contribution in [0.3, 0.4) is 0 Å². The van der Waals surface area contributed by atoms with Gasteiger partial charge >= 0.3 is 0 Å². The summed E-state index contributed by atoms with van der Waals surface area (Å²) in [7, 11) is 3.61. The van der Waals surface area contributed by atoms with E-state index in [4.69, 9.17) is 4.74 Å². The Kier molecular flexibility index (Phi) is 4.50. The van der Waals surface area contributed by atoms with Crippen LogP contribution < -0.4 is 0 Å². The number of piperidine rings is 1. The van der Waals surface area contributed by atoms with Crippen molar-refractivity contribution in [1.82, 2.24) is 9.80 Å². The molecule has 0 saturated carbocycles. The molecule has 2 aliphatic heterocycles. The van der Waals surface area contributed by atoms with E-state index in [9.17, 15) is 4.79 Å². The van der Waals surface area contributed by atoms with Crippen LogP contribution in [0.25, 0.3) is 0 Å². The molecule has 1 aromatic carbocycles. The summed E-state index contributed by atoms with van der Waals surface area (Å²) < 4.78 is 6.04. The van der Waals surface area contributed by atoms with E-state index in [1.54, 1.807) is 19.0 Å². The normalized spacial score (nSPS) is 28.4. The monoisotopic (exact) mass is 302 g/mol. The summed E-state index contributed by atoms with van der Waals surface area (Å²) in [5.74, 6) is 0.655. The lowest BCUT2D eigenvalue weighted by Gasteiger charge is -2.34. The van der Waals surface area contributed by atoms with Crippen molar-refractivity contribution in [2.75, 3.05) is 27.2 Å². The van der Waals surface area contributed by atoms with Gasteiger partial charge in [0.15, 0.2) is 0 Å². The molecule has 1 amide bonds. The number of carbonyl (C=O) groups is 1. The van der Waals surface area contributed by atoms with Crippen LogP contribution in [0.1, 0.15) is 24.0 Å². The van der Waals surface area contributed by atoms with Gasteiger partial charge in [0.2, 0.25) is 0 Å². The molecule has 0 spiro atoms. The highest BCUT2D eigenvalue weighted by molar-refractivity contribution is 5.80. The molecule has 2 saturated heterocycles. The number of rotatable bonds is 3. The molecular weight excluding hydrogens is 276 g/mol. The highest BCUT2D eigenvalue weighted by atomic mass is 16.5. The summed E-state index contributed by atoms with van der Waals surface area (Å²) in [5, 5.41) is 0. The van der Waals surface area contributed by atoms with Crippen LogP contribution in [0.15, 0.2) is 24.3 Å². The maximum Gasteiger partial charge on any atom is 0.251 e. The van der Waals surface area contributed by atoms with Gasteiger partial charge in [-0.15, -0.1) is 0 Å². The standard InChI is InChI=1S/C18H26N2O2/c1-13-4-6-14(7-5-13)11-20-9-8-15-10-16(18(21)19(2)3)22-17(15)12-20/h4-7,15-17H,8-12H2,1-3H3/t15-,16+,17-/m1/s1. The Balaban J connectivity index is 1.57.